The van der Waals surface area contributed by atoms with Gasteiger partial charge in [0.15, 0.2) is 6.29 Å². The predicted molar refractivity (Wildman–Crippen MR) is 143 cm³/mol. The lowest BCUT2D eigenvalue weighted by molar-refractivity contribution is -0.148. The van der Waals surface area contributed by atoms with E-state index in [1.807, 2.05) is 0 Å². The van der Waals surface area contributed by atoms with Gasteiger partial charge in [0.1, 0.15) is 0 Å². The average Bonchev–Trinajstić information content (AvgIpc) is 2.76. The molecule has 0 aliphatic carbocycles. The van der Waals surface area contributed by atoms with E-state index < -0.39 is 0 Å². The summed E-state index contributed by atoms with van der Waals surface area (Å²) in [5.74, 6) is 0. The van der Waals surface area contributed by atoms with Gasteiger partial charge in [-0.05, 0) is 55.8 Å². The first-order valence-corrected chi connectivity index (χ1v) is 14.8. The van der Waals surface area contributed by atoms with Gasteiger partial charge in [-0.25, -0.2) is 0 Å². The SMILES string of the molecule is CCCCCCCCOC(CCCCC/C=C\CCCI)OCCCCCCCC. The van der Waals surface area contributed by atoms with Gasteiger partial charge in [-0.1, -0.05) is 119 Å². The lowest BCUT2D eigenvalue weighted by Gasteiger charge is -2.19. The van der Waals surface area contributed by atoms with Gasteiger partial charge >= 0.3 is 0 Å². The van der Waals surface area contributed by atoms with Crippen molar-refractivity contribution < 1.29 is 9.47 Å². The van der Waals surface area contributed by atoms with Gasteiger partial charge in [0.05, 0.1) is 0 Å². The Hall–Kier alpha value is 0.390. The average molecular weight is 537 g/mol. The molecule has 2 nitrogen and oxygen atoms in total. The number of hydrogen-bond donors (Lipinski definition) is 0. The molecule has 0 radical (unpaired) electrons. The number of unbranched alkanes of at least 4 members (excludes halogenated alkanes) is 14. The molecule has 180 valence electrons. The topological polar surface area (TPSA) is 18.5 Å². The molecule has 0 saturated carbocycles. The van der Waals surface area contributed by atoms with Crippen LogP contribution in [0.4, 0.5) is 0 Å². The highest BCUT2D eigenvalue weighted by Crippen LogP contribution is 2.13. The number of rotatable bonds is 25. The summed E-state index contributed by atoms with van der Waals surface area (Å²) in [6.45, 7) is 6.29. The van der Waals surface area contributed by atoms with E-state index in [1.54, 1.807) is 0 Å². The molecule has 0 aliphatic heterocycles. The molecule has 0 rings (SSSR count). The summed E-state index contributed by atoms with van der Waals surface area (Å²) < 4.78 is 13.5. The molecular formula is C27H53IO2. The van der Waals surface area contributed by atoms with E-state index in [2.05, 4.69) is 48.6 Å². The summed E-state index contributed by atoms with van der Waals surface area (Å²) in [4.78, 5) is 0. The van der Waals surface area contributed by atoms with E-state index in [0.717, 1.165) is 19.6 Å². The van der Waals surface area contributed by atoms with Crippen LogP contribution in [0.5, 0.6) is 0 Å². The highest BCUT2D eigenvalue weighted by Gasteiger charge is 2.09. The van der Waals surface area contributed by atoms with Crippen LogP contribution in [0, 0.1) is 0 Å². The molecule has 0 amide bonds. The third kappa shape index (κ3) is 24.7. The monoisotopic (exact) mass is 536 g/mol. The normalized spacial score (nSPS) is 11.9. The summed E-state index contributed by atoms with van der Waals surface area (Å²) in [5.41, 5.74) is 0. The summed E-state index contributed by atoms with van der Waals surface area (Å²) in [6, 6.07) is 0. The number of alkyl halides is 1. The van der Waals surface area contributed by atoms with Gasteiger partial charge in [0.2, 0.25) is 0 Å². The van der Waals surface area contributed by atoms with Crippen LogP contribution in [0.25, 0.3) is 0 Å². The second kappa shape index (κ2) is 27.4. The molecule has 0 bridgehead atoms. The van der Waals surface area contributed by atoms with Gasteiger partial charge < -0.3 is 9.47 Å². The quantitative estimate of drug-likeness (QED) is 0.0380. The number of allylic oxidation sites excluding steroid dienone is 2. The van der Waals surface area contributed by atoms with Crippen LogP contribution < -0.4 is 0 Å². The van der Waals surface area contributed by atoms with Crippen molar-refractivity contribution in [2.24, 2.45) is 0 Å². The minimum Gasteiger partial charge on any atom is -0.353 e. The van der Waals surface area contributed by atoms with Crippen LogP contribution in [0.3, 0.4) is 0 Å². The van der Waals surface area contributed by atoms with Crippen molar-refractivity contribution >= 4 is 22.6 Å². The predicted octanol–water partition coefficient (Wildman–Crippen LogP) is 9.79. The van der Waals surface area contributed by atoms with Crippen molar-refractivity contribution in [3.8, 4) is 0 Å². The van der Waals surface area contributed by atoms with Gasteiger partial charge in [0, 0.05) is 13.2 Å². The van der Waals surface area contributed by atoms with E-state index in [4.69, 9.17) is 9.47 Å². The third-order valence-electron chi connectivity index (χ3n) is 5.58. The fourth-order valence-electron chi connectivity index (χ4n) is 3.59. The van der Waals surface area contributed by atoms with E-state index in [-0.39, 0.29) is 6.29 Å². The molecule has 0 aliphatic rings. The smallest absolute Gasteiger partial charge is 0.157 e. The van der Waals surface area contributed by atoms with E-state index >= 15 is 0 Å². The summed E-state index contributed by atoms with van der Waals surface area (Å²) in [7, 11) is 0. The van der Waals surface area contributed by atoms with Gasteiger partial charge in [-0.15, -0.1) is 0 Å². The molecule has 0 saturated heterocycles. The van der Waals surface area contributed by atoms with Crippen LogP contribution in [0.15, 0.2) is 12.2 Å². The fourth-order valence-corrected chi connectivity index (χ4v) is 4.03. The maximum atomic E-state index is 6.13. The molecule has 0 atom stereocenters. The van der Waals surface area contributed by atoms with Crippen molar-refractivity contribution in [1.82, 2.24) is 0 Å². The zero-order valence-corrected chi connectivity index (χ0v) is 22.6. The van der Waals surface area contributed by atoms with Gasteiger partial charge in [-0.2, -0.15) is 0 Å². The lowest BCUT2D eigenvalue weighted by atomic mass is 10.1. The first-order chi connectivity index (χ1) is 14.8. The zero-order chi connectivity index (χ0) is 22.0. The number of hydrogen-bond acceptors (Lipinski definition) is 2. The first-order valence-electron chi connectivity index (χ1n) is 13.3. The van der Waals surface area contributed by atoms with E-state index in [1.165, 1.54) is 120 Å². The number of ether oxygens (including phenoxy) is 2. The molecule has 30 heavy (non-hydrogen) atoms. The second-order valence-corrected chi connectivity index (χ2v) is 9.73. The summed E-state index contributed by atoms with van der Waals surface area (Å²) in [5, 5.41) is 0. The molecule has 0 N–H and O–H groups in total. The summed E-state index contributed by atoms with van der Waals surface area (Å²) in [6.07, 6.45) is 29.2. The van der Waals surface area contributed by atoms with Crippen LogP contribution in [-0.4, -0.2) is 23.9 Å². The maximum Gasteiger partial charge on any atom is 0.157 e. The molecule has 0 aromatic rings. The van der Waals surface area contributed by atoms with Crippen molar-refractivity contribution in [2.75, 3.05) is 17.6 Å². The van der Waals surface area contributed by atoms with Crippen LogP contribution >= 0.6 is 22.6 Å². The molecular weight excluding hydrogens is 483 g/mol. The minimum atomic E-state index is 0.0236. The summed E-state index contributed by atoms with van der Waals surface area (Å²) >= 11 is 2.45. The highest BCUT2D eigenvalue weighted by molar-refractivity contribution is 14.1. The number of halogens is 1. The Morgan fingerprint density at radius 1 is 0.567 bits per heavy atom. The Labute approximate surface area is 203 Å². The van der Waals surface area contributed by atoms with Crippen LogP contribution in [-0.2, 0) is 9.47 Å². The van der Waals surface area contributed by atoms with Crippen LogP contribution in [0.1, 0.15) is 136 Å². The van der Waals surface area contributed by atoms with Crippen LogP contribution in [0.2, 0.25) is 0 Å². The molecule has 0 heterocycles. The zero-order valence-electron chi connectivity index (χ0n) is 20.5. The largest absolute Gasteiger partial charge is 0.353 e. The molecule has 0 fully saturated rings. The second-order valence-electron chi connectivity index (χ2n) is 8.65. The molecule has 0 aromatic carbocycles. The minimum absolute atomic E-state index is 0.0236. The molecule has 0 spiro atoms. The Morgan fingerprint density at radius 2 is 1.03 bits per heavy atom. The van der Waals surface area contributed by atoms with E-state index in [0.29, 0.717) is 0 Å². The van der Waals surface area contributed by atoms with Gasteiger partial charge in [0.25, 0.3) is 0 Å². The fraction of sp³-hybridized carbons (Fsp3) is 0.926. The Bertz CT molecular complexity index is 315. The molecule has 3 heteroatoms. The van der Waals surface area contributed by atoms with E-state index in [9.17, 15) is 0 Å². The third-order valence-corrected chi connectivity index (χ3v) is 6.35. The van der Waals surface area contributed by atoms with Crippen molar-refractivity contribution in [3.63, 3.8) is 0 Å². The Balaban J connectivity index is 3.86. The Kier molecular flexibility index (Phi) is 27.8. The highest BCUT2D eigenvalue weighted by atomic mass is 127. The van der Waals surface area contributed by atoms with Crippen molar-refractivity contribution in [2.45, 2.75) is 142 Å². The standard InChI is InChI=1S/C27H53IO2/c1-3-5-7-9-17-21-25-29-27(30-26-22-18-10-8-6-4-2)23-19-15-13-11-12-14-16-20-24-28/h12,14,27H,3-11,13,15-26H2,1-2H3/b14-12-. The lowest BCUT2D eigenvalue weighted by Crippen LogP contribution is -2.19. The van der Waals surface area contributed by atoms with Gasteiger partial charge in [-0.3, -0.25) is 0 Å². The maximum absolute atomic E-state index is 6.13. The van der Waals surface area contributed by atoms with Crippen molar-refractivity contribution in [1.29, 1.82) is 0 Å². The molecule has 0 unspecified atom stereocenters. The van der Waals surface area contributed by atoms with Crippen molar-refractivity contribution in [3.05, 3.63) is 12.2 Å². The first kappa shape index (κ1) is 30.4. The molecule has 0 aromatic heterocycles. The Morgan fingerprint density at radius 3 is 1.57 bits per heavy atom.